The van der Waals surface area contributed by atoms with Gasteiger partial charge in [-0.2, -0.15) is 0 Å². The van der Waals surface area contributed by atoms with Gasteiger partial charge in [-0.05, 0) is 19.8 Å². The molecule has 2 atom stereocenters. The Labute approximate surface area is 97.9 Å². The highest BCUT2D eigenvalue weighted by atomic mass is 35.5. The Kier molecular flexibility index (Phi) is 4.30. The third-order valence-corrected chi connectivity index (χ3v) is 3.96. The summed E-state index contributed by atoms with van der Waals surface area (Å²) in [6.45, 7) is 4.30. The largest absolute Gasteiger partial charge is 0.371 e. The molecule has 0 radical (unpaired) electrons. The minimum absolute atomic E-state index is 0.248. The second-order valence-electron chi connectivity index (χ2n) is 4.97. The Morgan fingerprint density at radius 2 is 1.93 bits per heavy atom. The van der Waals surface area contributed by atoms with Crippen LogP contribution in [0.4, 0.5) is 0 Å². The molecule has 2 nitrogen and oxygen atoms in total. The molecule has 0 N–H and O–H groups in total. The Morgan fingerprint density at radius 1 is 1.20 bits per heavy atom. The molecule has 1 aliphatic carbocycles. The monoisotopic (exact) mass is 231 g/mol. The first-order valence-electron chi connectivity index (χ1n) is 6.25. The molecule has 2 fully saturated rings. The number of hydrogen-bond donors (Lipinski definition) is 0. The van der Waals surface area contributed by atoms with Crippen molar-refractivity contribution in [3.05, 3.63) is 0 Å². The van der Waals surface area contributed by atoms with Crippen molar-refractivity contribution >= 4 is 11.6 Å². The second-order valence-corrected chi connectivity index (χ2v) is 5.28. The lowest BCUT2D eigenvalue weighted by Gasteiger charge is -2.42. The summed E-state index contributed by atoms with van der Waals surface area (Å²) in [5.41, 5.74) is 0. The number of rotatable bonds is 2. The molecule has 0 aromatic carbocycles. The Hall–Kier alpha value is 0.210. The first-order valence-corrected chi connectivity index (χ1v) is 6.78. The normalized spacial score (nSPS) is 35.6. The molecule has 0 bridgehead atoms. The average molecular weight is 232 g/mol. The van der Waals surface area contributed by atoms with Gasteiger partial charge in [-0.1, -0.05) is 19.3 Å². The van der Waals surface area contributed by atoms with Crippen molar-refractivity contribution in [2.75, 3.05) is 19.0 Å². The highest BCUT2D eigenvalue weighted by molar-refractivity contribution is 6.18. The van der Waals surface area contributed by atoms with Crippen LogP contribution >= 0.6 is 11.6 Å². The van der Waals surface area contributed by atoms with Gasteiger partial charge in [0.2, 0.25) is 0 Å². The Bertz CT molecular complexity index is 194. The summed E-state index contributed by atoms with van der Waals surface area (Å²) in [5.74, 6) is 0.633. The molecule has 3 heteroatoms. The van der Waals surface area contributed by atoms with Crippen LogP contribution in [0.1, 0.15) is 39.0 Å². The SMILES string of the molecule is CC1CN(C2CCCCC2)CC(CCl)O1. The molecule has 2 unspecified atom stereocenters. The second kappa shape index (κ2) is 5.51. The van der Waals surface area contributed by atoms with Crippen LogP contribution < -0.4 is 0 Å². The van der Waals surface area contributed by atoms with E-state index in [9.17, 15) is 0 Å². The molecule has 15 heavy (non-hydrogen) atoms. The maximum absolute atomic E-state index is 5.90. The van der Waals surface area contributed by atoms with E-state index in [4.69, 9.17) is 16.3 Å². The number of morpholine rings is 1. The minimum Gasteiger partial charge on any atom is -0.371 e. The molecular weight excluding hydrogens is 210 g/mol. The van der Waals surface area contributed by atoms with Crippen LogP contribution in [0.3, 0.4) is 0 Å². The van der Waals surface area contributed by atoms with Crippen LogP contribution in [0.5, 0.6) is 0 Å². The topological polar surface area (TPSA) is 12.5 Å². The quantitative estimate of drug-likeness (QED) is 0.678. The highest BCUT2D eigenvalue weighted by Gasteiger charge is 2.29. The van der Waals surface area contributed by atoms with Crippen LogP contribution in [0, 0.1) is 0 Å². The number of alkyl halides is 1. The number of ether oxygens (including phenoxy) is 1. The molecule has 0 spiro atoms. The van der Waals surface area contributed by atoms with Gasteiger partial charge < -0.3 is 4.74 Å². The van der Waals surface area contributed by atoms with Crippen LogP contribution in [0.2, 0.25) is 0 Å². The van der Waals surface area contributed by atoms with Crippen molar-refractivity contribution in [2.45, 2.75) is 57.3 Å². The van der Waals surface area contributed by atoms with E-state index in [0.29, 0.717) is 12.0 Å². The fraction of sp³-hybridized carbons (Fsp3) is 1.00. The molecule has 1 saturated carbocycles. The van der Waals surface area contributed by atoms with Gasteiger partial charge in [0.05, 0.1) is 12.2 Å². The van der Waals surface area contributed by atoms with Gasteiger partial charge in [-0.25, -0.2) is 0 Å². The van der Waals surface area contributed by atoms with E-state index in [-0.39, 0.29) is 6.10 Å². The zero-order valence-electron chi connectivity index (χ0n) is 9.62. The van der Waals surface area contributed by atoms with Crippen LogP contribution in [-0.4, -0.2) is 42.1 Å². The summed E-state index contributed by atoms with van der Waals surface area (Å²) in [6.07, 6.45) is 7.59. The van der Waals surface area contributed by atoms with Gasteiger partial charge >= 0.3 is 0 Å². The van der Waals surface area contributed by atoms with E-state index >= 15 is 0 Å². The molecule has 1 saturated heterocycles. The zero-order chi connectivity index (χ0) is 10.7. The van der Waals surface area contributed by atoms with Crippen molar-refractivity contribution in [2.24, 2.45) is 0 Å². The van der Waals surface area contributed by atoms with Gasteiger partial charge in [0.15, 0.2) is 0 Å². The van der Waals surface area contributed by atoms with Crippen molar-refractivity contribution < 1.29 is 4.74 Å². The first-order chi connectivity index (χ1) is 7.29. The third kappa shape index (κ3) is 3.08. The van der Waals surface area contributed by atoms with E-state index < -0.39 is 0 Å². The summed E-state index contributed by atoms with van der Waals surface area (Å²) in [6, 6.07) is 0.802. The summed E-state index contributed by atoms with van der Waals surface area (Å²) < 4.78 is 5.78. The molecule has 1 heterocycles. The smallest absolute Gasteiger partial charge is 0.0841 e. The van der Waals surface area contributed by atoms with E-state index in [1.165, 1.54) is 32.1 Å². The Morgan fingerprint density at radius 3 is 2.60 bits per heavy atom. The van der Waals surface area contributed by atoms with Gasteiger partial charge in [-0.15, -0.1) is 11.6 Å². The van der Waals surface area contributed by atoms with Crippen molar-refractivity contribution in [1.29, 1.82) is 0 Å². The third-order valence-electron chi connectivity index (χ3n) is 3.62. The average Bonchev–Trinajstić information content (AvgIpc) is 2.29. The van der Waals surface area contributed by atoms with Crippen LogP contribution in [-0.2, 0) is 4.74 Å². The van der Waals surface area contributed by atoms with Gasteiger partial charge in [0.1, 0.15) is 0 Å². The maximum Gasteiger partial charge on any atom is 0.0841 e. The van der Waals surface area contributed by atoms with E-state index in [0.717, 1.165) is 19.1 Å². The van der Waals surface area contributed by atoms with E-state index in [1.54, 1.807) is 0 Å². The summed E-state index contributed by atoms with van der Waals surface area (Å²) in [4.78, 5) is 2.61. The fourth-order valence-corrected chi connectivity index (χ4v) is 3.08. The molecular formula is C12H22ClNO. The van der Waals surface area contributed by atoms with Gasteiger partial charge in [-0.3, -0.25) is 4.90 Å². The lowest BCUT2D eigenvalue weighted by Crippen LogP contribution is -2.51. The molecule has 2 rings (SSSR count). The van der Waals surface area contributed by atoms with Gasteiger partial charge in [0, 0.05) is 25.0 Å². The summed E-state index contributed by atoms with van der Waals surface area (Å²) >= 11 is 5.90. The fourth-order valence-electron chi connectivity index (χ4n) is 2.91. The van der Waals surface area contributed by atoms with Crippen LogP contribution in [0.15, 0.2) is 0 Å². The van der Waals surface area contributed by atoms with E-state index in [1.807, 2.05) is 0 Å². The van der Waals surface area contributed by atoms with Gasteiger partial charge in [0.25, 0.3) is 0 Å². The standard InChI is InChI=1S/C12H22ClNO/c1-10-8-14(9-12(7-13)15-10)11-5-3-2-4-6-11/h10-12H,2-9H2,1H3. The summed E-state index contributed by atoms with van der Waals surface area (Å²) in [5, 5.41) is 0. The van der Waals surface area contributed by atoms with E-state index in [2.05, 4.69) is 11.8 Å². The van der Waals surface area contributed by atoms with Crippen LogP contribution in [0.25, 0.3) is 0 Å². The number of halogens is 1. The predicted octanol–water partition coefficient (Wildman–Crippen LogP) is 2.65. The number of hydrogen-bond acceptors (Lipinski definition) is 2. The van der Waals surface area contributed by atoms with Crippen molar-refractivity contribution in [3.8, 4) is 0 Å². The molecule has 0 amide bonds. The highest BCUT2D eigenvalue weighted by Crippen LogP contribution is 2.25. The lowest BCUT2D eigenvalue weighted by atomic mass is 9.93. The minimum atomic E-state index is 0.248. The number of nitrogens with zero attached hydrogens (tertiary/aromatic N) is 1. The van der Waals surface area contributed by atoms with Crippen molar-refractivity contribution in [1.82, 2.24) is 4.90 Å². The predicted molar refractivity (Wildman–Crippen MR) is 63.5 cm³/mol. The maximum atomic E-state index is 5.90. The molecule has 1 aliphatic heterocycles. The zero-order valence-corrected chi connectivity index (χ0v) is 10.4. The molecule has 88 valence electrons. The molecule has 2 aliphatic rings. The lowest BCUT2D eigenvalue weighted by molar-refractivity contribution is -0.0824. The Balaban J connectivity index is 1.89. The first kappa shape index (κ1) is 11.7. The molecule has 0 aromatic heterocycles. The van der Waals surface area contributed by atoms with Crippen molar-refractivity contribution in [3.63, 3.8) is 0 Å². The molecule has 0 aromatic rings. The summed E-state index contributed by atoms with van der Waals surface area (Å²) in [7, 11) is 0.